The average molecular weight is 312 g/mol. The van der Waals surface area contributed by atoms with Crippen molar-refractivity contribution >= 4 is 17.3 Å². The largest absolute Gasteiger partial charge is 0.322 e. The molecule has 0 heterocycles. The van der Waals surface area contributed by atoms with Crippen molar-refractivity contribution in [3.05, 3.63) is 69.3 Å². The van der Waals surface area contributed by atoms with Gasteiger partial charge in [0, 0.05) is 22.9 Å². The van der Waals surface area contributed by atoms with Gasteiger partial charge >= 0.3 is 0 Å². The van der Waals surface area contributed by atoms with Gasteiger partial charge in [0.1, 0.15) is 0 Å². The summed E-state index contributed by atoms with van der Waals surface area (Å²) in [5, 5.41) is 13.7. The molecule has 0 aliphatic rings. The minimum Gasteiger partial charge on any atom is -0.322 e. The van der Waals surface area contributed by atoms with Gasteiger partial charge in [-0.1, -0.05) is 32.0 Å². The Balaban J connectivity index is 2.19. The number of hydrogen-bond donors (Lipinski definition) is 1. The van der Waals surface area contributed by atoms with Crippen LogP contribution < -0.4 is 5.32 Å². The molecule has 120 valence electrons. The lowest BCUT2D eigenvalue weighted by Gasteiger charge is -2.11. The highest BCUT2D eigenvalue weighted by Crippen LogP contribution is 2.23. The summed E-state index contributed by atoms with van der Waals surface area (Å²) in [6, 6.07) is 12.2. The molecule has 0 saturated heterocycles. The van der Waals surface area contributed by atoms with Gasteiger partial charge in [0.2, 0.25) is 0 Å². The second-order valence-corrected chi connectivity index (χ2v) is 5.59. The SMILES string of the molecule is CC[C@H](C)c1ccc(NC(=O)c2cccc([N+](=O)[O-])c2C)cc1. The second-order valence-electron chi connectivity index (χ2n) is 5.59. The molecule has 0 fully saturated rings. The van der Waals surface area contributed by atoms with E-state index in [-0.39, 0.29) is 11.6 Å². The Hall–Kier alpha value is -2.69. The molecular weight excluding hydrogens is 292 g/mol. The van der Waals surface area contributed by atoms with Crippen molar-refractivity contribution in [1.82, 2.24) is 0 Å². The summed E-state index contributed by atoms with van der Waals surface area (Å²) in [4.78, 5) is 22.8. The molecule has 2 aromatic carbocycles. The quantitative estimate of drug-likeness (QED) is 0.644. The van der Waals surface area contributed by atoms with Gasteiger partial charge in [0.15, 0.2) is 0 Å². The number of nitro groups is 1. The van der Waals surface area contributed by atoms with Crippen molar-refractivity contribution in [2.24, 2.45) is 0 Å². The van der Waals surface area contributed by atoms with E-state index in [0.717, 1.165) is 6.42 Å². The number of amides is 1. The van der Waals surface area contributed by atoms with Crippen LogP contribution in [0.15, 0.2) is 42.5 Å². The predicted molar refractivity (Wildman–Crippen MR) is 90.9 cm³/mol. The third kappa shape index (κ3) is 3.74. The molecule has 0 bridgehead atoms. The van der Waals surface area contributed by atoms with E-state index in [1.165, 1.54) is 17.7 Å². The number of hydrogen-bond acceptors (Lipinski definition) is 3. The minimum absolute atomic E-state index is 0.0511. The van der Waals surface area contributed by atoms with Crippen LogP contribution in [-0.4, -0.2) is 10.8 Å². The Labute approximate surface area is 135 Å². The number of rotatable bonds is 5. The van der Waals surface area contributed by atoms with Crippen LogP contribution in [0.4, 0.5) is 11.4 Å². The van der Waals surface area contributed by atoms with Crippen molar-refractivity contribution < 1.29 is 9.72 Å². The third-order valence-electron chi connectivity index (χ3n) is 4.10. The fourth-order valence-corrected chi connectivity index (χ4v) is 2.40. The van der Waals surface area contributed by atoms with Crippen LogP contribution in [0.5, 0.6) is 0 Å². The van der Waals surface area contributed by atoms with E-state index < -0.39 is 4.92 Å². The van der Waals surface area contributed by atoms with Crippen LogP contribution in [0.2, 0.25) is 0 Å². The van der Waals surface area contributed by atoms with Crippen LogP contribution in [-0.2, 0) is 0 Å². The van der Waals surface area contributed by atoms with E-state index in [9.17, 15) is 14.9 Å². The maximum absolute atomic E-state index is 12.4. The van der Waals surface area contributed by atoms with Crippen molar-refractivity contribution in [2.75, 3.05) is 5.32 Å². The first-order valence-electron chi connectivity index (χ1n) is 7.59. The number of carbonyl (C=O) groups is 1. The highest BCUT2D eigenvalue weighted by atomic mass is 16.6. The van der Waals surface area contributed by atoms with Gasteiger partial charge in [-0.3, -0.25) is 14.9 Å². The van der Waals surface area contributed by atoms with E-state index in [1.807, 2.05) is 24.3 Å². The predicted octanol–water partition coefficient (Wildman–Crippen LogP) is 4.67. The second kappa shape index (κ2) is 7.05. The molecule has 1 N–H and O–H groups in total. The maximum atomic E-state index is 12.4. The molecule has 5 heteroatoms. The molecule has 2 rings (SSSR count). The number of nitrogens with one attached hydrogen (secondary N) is 1. The zero-order chi connectivity index (χ0) is 17.0. The van der Waals surface area contributed by atoms with Gasteiger partial charge < -0.3 is 5.32 Å². The fourth-order valence-electron chi connectivity index (χ4n) is 2.40. The van der Waals surface area contributed by atoms with Crippen molar-refractivity contribution in [3.8, 4) is 0 Å². The van der Waals surface area contributed by atoms with Crippen LogP contribution in [0.1, 0.15) is 47.7 Å². The Morgan fingerprint density at radius 2 is 1.87 bits per heavy atom. The average Bonchev–Trinajstić information content (AvgIpc) is 2.54. The molecule has 0 unspecified atom stereocenters. The number of nitrogens with zero attached hydrogens (tertiary/aromatic N) is 1. The third-order valence-corrected chi connectivity index (χ3v) is 4.10. The summed E-state index contributed by atoms with van der Waals surface area (Å²) < 4.78 is 0. The lowest BCUT2D eigenvalue weighted by molar-refractivity contribution is -0.385. The number of benzene rings is 2. The zero-order valence-electron chi connectivity index (χ0n) is 13.5. The summed E-state index contributed by atoms with van der Waals surface area (Å²) in [5.74, 6) is 0.126. The minimum atomic E-state index is -0.479. The Morgan fingerprint density at radius 1 is 1.22 bits per heavy atom. The van der Waals surface area contributed by atoms with Crippen LogP contribution in [0.25, 0.3) is 0 Å². The Bertz CT molecular complexity index is 724. The standard InChI is InChI=1S/C18H20N2O3/c1-4-12(2)14-8-10-15(11-9-14)19-18(21)16-6-5-7-17(13(16)3)20(22)23/h5-12H,4H2,1-3H3,(H,19,21)/t12-/m0/s1. The van der Waals surface area contributed by atoms with Gasteiger partial charge in [-0.2, -0.15) is 0 Å². The maximum Gasteiger partial charge on any atom is 0.273 e. The van der Waals surface area contributed by atoms with E-state index in [0.29, 0.717) is 22.7 Å². The molecule has 23 heavy (non-hydrogen) atoms. The lowest BCUT2D eigenvalue weighted by atomic mass is 9.98. The monoisotopic (exact) mass is 312 g/mol. The van der Waals surface area contributed by atoms with E-state index in [4.69, 9.17) is 0 Å². The molecule has 0 spiro atoms. The van der Waals surface area contributed by atoms with Crippen LogP contribution >= 0.6 is 0 Å². The normalized spacial score (nSPS) is 11.8. The van der Waals surface area contributed by atoms with E-state index >= 15 is 0 Å². The molecule has 0 aromatic heterocycles. The van der Waals surface area contributed by atoms with Gasteiger partial charge in [0.05, 0.1) is 4.92 Å². The highest BCUT2D eigenvalue weighted by molar-refractivity contribution is 6.05. The van der Waals surface area contributed by atoms with Crippen molar-refractivity contribution in [2.45, 2.75) is 33.1 Å². The smallest absolute Gasteiger partial charge is 0.273 e. The number of anilines is 1. The zero-order valence-corrected chi connectivity index (χ0v) is 13.5. The summed E-state index contributed by atoms with van der Waals surface area (Å²) in [7, 11) is 0. The molecular formula is C18H20N2O3. The topological polar surface area (TPSA) is 72.2 Å². The Morgan fingerprint density at radius 3 is 2.43 bits per heavy atom. The molecule has 2 aromatic rings. The number of carbonyl (C=O) groups excluding carboxylic acids is 1. The summed E-state index contributed by atoms with van der Waals surface area (Å²) in [6.07, 6.45) is 1.05. The first kappa shape index (κ1) is 16.7. The lowest BCUT2D eigenvalue weighted by Crippen LogP contribution is -2.14. The Kier molecular flexibility index (Phi) is 5.11. The van der Waals surface area contributed by atoms with Crippen LogP contribution in [0, 0.1) is 17.0 Å². The molecule has 0 aliphatic heterocycles. The van der Waals surface area contributed by atoms with Crippen LogP contribution in [0.3, 0.4) is 0 Å². The summed E-state index contributed by atoms with van der Waals surface area (Å²) in [6.45, 7) is 5.87. The van der Waals surface area contributed by atoms with Gasteiger partial charge in [-0.05, 0) is 43.0 Å². The number of nitro benzene ring substituents is 1. The molecule has 1 amide bonds. The van der Waals surface area contributed by atoms with Crippen molar-refractivity contribution in [3.63, 3.8) is 0 Å². The van der Waals surface area contributed by atoms with E-state index in [1.54, 1.807) is 13.0 Å². The molecule has 1 atom stereocenters. The molecule has 0 saturated carbocycles. The first-order chi connectivity index (χ1) is 10.9. The summed E-state index contributed by atoms with van der Waals surface area (Å²) >= 11 is 0. The summed E-state index contributed by atoms with van der Waals surface area (Å²) in [5.41, 5.74) is 2.52. The van der Waals surface area contributed by atoms with Crippen molar-refractivity contribution in [1.29, 1.82) is 0 Å². The highest BCUT2D eigenvalue weighted by Gasteiger charge is 2.18. The molecule has 5 nitrogen and oxygen atoms in total. The molecule has 0 radical (unpaired) electrons. The van der Waals surface area contributed by atoms with E-state index in [2.05, 4.69) is 19.2 Å². The van der Waals surface area contributed by atoms with Gasteiger partial charge in [-0.25, -0.2) is 0 Å². The molecule has 0 aliphatic carbocycles. The fraction of sp³-hybridized carbons (Fsp3) is 0.278. The van der Waals surface area contributed by atoms with Gasteiger partial charge in [-0.15, -0.1) is 0 Å². The first-order valence-corrected chi connectivity index (χ1v) is 7.59. The van der Waals surface area contributed by atoms with Gasteiger partial charge in [0.25, 0.3) is 11.6 Å².